The van der Waals surface area contributed by atoms with Crippen LogP contribution in [0.2, 0.25) is 0 Å². The normalized spacial score (nSPS) is 32.0. The first-order chi connectivity index (χ1) is 9.56. The first-order valence-corrected chi connectivity index (χ1v) is 9.41. The Labute approximate surface area is 134 Å². The monoisotopic (exact) mass is 400 g/mol. The number of nitrogens with zero attached hydrogens (tertiary/aromatic N) is 1. The van der Waals surface area contributed by atoms with Gasteiger partial charge in [0.05, 0.1) is 21.1 Å². The van der Waals surface area contributed by atoms with Gasteiger partial charge in [-0.15, -0.1) is 11.3 Å². The molecule has 0 saturated heterocycles. The van der Waals surface area contributed by atoms with Crippen molar-refractivity contribution >= 4 is 42.9 Å². The van der Waals surface area contributed by atoms with E-state index in [4.69, 9.17) is 5.73 Å². The molecule has 0 fully saturated rings. The largest absolute Gasteiger partial charge is 0.386 e. The van der Waals surface area contributed by atoms with E-state index in [2.05, 4.69) is 20.9 Å². The second-order valence-electron chi connectivity index (χ2n) is 5.43. The lowest BCUT2D eigenvalue weighted by atomic mass is 10.00. The molecule has 9 heteroatoms. The topological polar surface area (TPSA) is 72.5 Å². The van der Waals surface area contributed by atoms with Gasteiger partial charge in [-0.1, -0.05) is 0 Å². The highest BCUT2D eigenvalue weighted by Gasteiger charge is 2.52. The smallest absolute Gasteiger partial charge is 0.165 e. The number of sulfone groups is 1. The Balaban J connectivity index is 2.61. The molecule has 2 heterocycles. The summed E-state index contributed by atoms with van der Waals surface area (Å²) in [5, 5.41) is 0. The summed E-state index contributed by atoms with van der Waals surface area (Å²) in [4.78, 5) is 4.42. The molecule has 1 aliphatic heterocycles. The van der Waals surface area contributed by atoms with Gasteiger partial charge in [-0.2, -0.15) is 0 Å². The SMILES string of the molecule is C[C@@]1(c2sc(Br)cc2F)CS(=O)(=O)[C@](C)(CCF)C(N)=N1. The predicted octanol–water partition coefficient (Wildman–Crippen LogP) is 2.77. The molecule has 0 aromatic carbocycles. The van der Waals surface area contributed by atoms with Gasteiger partial charge < -0.3 is 5.73 Å². The van der Waals surface area contributed by atoms with Gasteiger partial charge in [0.1, 0.15) is 21.9 Å². The number of nitrogens with two attached hydrogens (primary N) is 1. The van der Waals surface area contributed by atoms with E-state index in [0.717, 1.165) is 11.3 Å². The Morgan fingerprint density at radius 2 is 2.14 bits per heavy atom. The minimum Gasteiger partial charge on any atom is -0.386 e. The molecule has 1 aliphatic rings. The quantitative estimate of drug-likeness (QED) is 0.847. The Kier molecular flexibility index (Phi) is 4.23. The summed E-state index contributed by atoms with van der Waals surface area (Å²) >= 11 is 4.24. The number of hydrogen-bond acceptors (Lipinski definition) is 5. The van der Waals surface area contributed by atoms with Gasteiger partial charge in [0, 0.05) is 6.42 Å². The third-order valence-electron chi connectivity index (χ3n) is 3.78. The Morgan fingerprint density at radius 3 is 2.57 bits per heavy atom. The van der Waals surface area contributed by atoms with Crippen LogP contribution in [0.25, 0.3) is 0 Å². The highest BCUT2D eigenvalue weighted by atomic mass is 79.9. The number of amidine groups is 1. The molecule has 4 nitrogen and oxygen atoms in total. The van der Waals surface area contributed by atoms with Crippen molar-refractivity contribution in [2.24, 2.45) is 10.7 Å². The van der Waals surface area contributed by atoms with E-state index >= 15 is 0 Å². The van der Waals surface area contributed by atoms with Gasteiger partial charge in [0.15, 0.2) is 9.84 Å². The highest BCUT2D eigenvalue weighted by molar-refractivity contribution is 9.11. The van der Waals surface area contributed by atoms with Crippen LogP contribution in [0.1, 0.15) is 25.1 Å². The fraction of sp³-hybridized carbons (Fsp3) is 0.583. The molecule has 1 aromatic rings. The van der Waals surface area contributed by atoms with E-state index in [0.29, 0.717) is 3.79 Å². The third kappa shape index (κ3) is 2.63. The van der Waals surface area contributed by atoms with Gasteiger partial charge in [-0.3, -0.25) is 9.38 Å². The van der Waals surface area contributed by atoms with Crippen molar-refractivity contribution in [3.63, 3.8) is 0 Å². The number of thiophene rings is 1. The molecule has 2 rings (SSSR count). The standard InChI is InChI=1S/C12H15BrF2N2O2S2/c1-11(9-7(15)5-8(13)20-9)6-21(18,19)12(2,3-4-14)10(16)17-11/h5H,3-4,6H2,1-2H3,(H2,16,17)/t11-,12+/m0/s1. The minimum atomic E-state index is -3.77. The average molecular weight is 401 g/mol. The number of aliphatic imine (C=N–C) groups is 1. The second kappa shape index (κ2) is 5.27. The first kappa shape index (κ1) is 16.8. The Hall–Kier alpha value is -0.540. The molecule has 118 valence electrons. The third-order valence-corrected chi connectivity index (χ3v) is 8.38. The zero-order valence-electron chi connectivity index (χ0n) is 11.5. The van der Waals surface area contributed by atoms with E-state index in [1.165, 1.54) is 19.9 Å². The molecule has 0 bridgehead atoms. The maximum absolute atomic E-state index is 14.0. The maximum atomic E-state index is 14.0. The van der Waals surface area contributed by atoms with Crippen LogP contribution in [0.4, 0.5) is 8.78 Å². The summed E-state index contributed by atoms with van der Waals surface area (Å²) in [6, 6.07) is 1.26. The molecule has 2 N–H and O–H groups in total. The van der Waals surface area contributed by atoms with Crippen LogP contribution < -0.4 is 5.73 Å². The lowest BCUT2D eigenvalue weighted by Crippen LogP contribution is -2.56. The number of hydrogen-bond donors (Lipinski definition) is 1. The molecule has 0 radical (unpaired) electrons. The van der Waals surface area contributed by atoms with E-state index in [1.807, 2.05) is 0 Å². The van der Waals surface area contributed by atoms with Crippen LogP contribution in [0.5, 0.6) is 0 Å². The summed E-state index contributed by atoms with van der Waals surface area (Å²) < 4.78 is 50.8. The Morgan fingerprint density at radius 1 is 1.52 bits per heavy atom. The van der Waals surface area contributed by atoms with Gasteiger partial charge in [-0.25, -0.2) is 12.8 Å². The van der Waals surface area contributed by atoms with Crippen molar-refractivity contribution in [2.45, 2.75) is 30.6 Å². The van der Waals surface area contributed by atoms with Crippen molar-refractivity contribution in [3.05, 3.63) is 20.5 Å². The van der Waals surface area contributed by atoms with Gasteiger partial charge >= 0.3 is 0 Å². The zero-order chi connectivity index (χ0) is 16.1. The maximum Gasteiger partial charge on any atom is 0.165 e. The van der Waals surface area contributed by atoms with Crippen molar-refractivity contribution in [2.75, 3.05) is 12.4 Å². The number of rotatable bonds is 3. The van der Waals surface area contributed by atoms with Crippen LogP contribution >= 0.6 is 27.3 Å². The van der Waals surface area contributed by atoms with Crippen LogP contribution in [-0.2, 0) is 15.4 Å². The van der Waals surface area contributed by atoms with Crippen molar-refractivity contribution in [3.8, 4) is 0 Å². The fourth-order valence-electron chi connectivity index (χ4n) is 2.39. The Bertz CT molecular complexity index is 704. The molecule has 21 heavy (non-hydrogen) atoms. The fourth-order valence-corrected chi connectivity index (χ4v) is 6.04. The van der Waals surface area contributed by atoms with Gasteiger partial charge in [0.2, 0.25) is 0 Å². The van der Waals surface area contributed by atoms with Crippen molar-refractivity contribution < 1.29 is 17.2 Å². The van der Waals surface area contributed by atoms with E-state index in [-0.39, 0.29) is 17.1 Å². The first-order valence-electron chi connectivity index (χ1n) is 6.15. The lowest BCUT2D eigenvalue weighted by Gasteiger charge is -2.38. The number of halogens is 3. The van der Waals surface area contributed by atoms with E-state index < -0.39 is 38.4 Å². The van der Waals surface area contributed by atoms with Gasteiger partial charge in [-0.05, 0) is 35.8 Å². The average Bonchev–Trinajstić information content (AvgIpc) is 2.66. The molecule has 2 atom stereocenters. The summed E-state index contributed by atoms with van der Waals surface area (Å²) in [7, 11) is -3.77. The van der Waals surface area contributed by atoms with Crippen molar-refractivity contribution in [1.82, 2.24) is 0 Å². The van der Waals surface area contributed by atoms with Crippen LogP contribution in [-0.4, -0.2) is 31.4 Å². The molecule has 0 aliphatic carbocycles. The molecule has 0 unspecified atom stereocenters. The predicted molar refractivity (Wildman–Crippen MR) is 83.7 cm³/mol. The van der Waals surface area contributed by atoms with Crippen LogP contribution in [0.3, 0.4) is 0 Å². The lowest BCUT2D eigenvalue weighted by molar-refractivity contribution is 0.427. The van der Waals surface area contributed by atoms with E-state index in [9.17, 15) is 17.2 Å². The summed E-state index contributed by atoms with van der Waals surface area (Å²) in [5.74, 6) is -1.10. The summed E-state index contributed by atoms with van der Waals surface area (Å²) in [6.07, 6.45) is -0.253. The zero-order valence-corrected chi connectivity index (χ0v) is 14.7. The van der Waals surface area contributed by atoms with E-state index in [1.54, 1.807) is 0 Å². The molecule has 0 spiro atoms. The molecular formula is C12H15BrF2N2O2S2. The molecule has 0 saturated carbocycles. The van der Waals surface area contributed by atoms with Crippen LogP contribution in [0.15, 0.2) is 14.8 Å². The molecule has 1 aromatic heterocycles. The van der Waals surface area contributed by atoms with Crippen molar-refractivity contribution in [1.29, 1.82) is 0 Å². The van der Waals surface area contributed by atoms with Crippen LogP contribution in [0, 0.1) is 5.82 Å². The summed E-state index contributed by atoms with van der Waals surface area (Å²) in [6.45, 7) is 2.07. The highest BCUT2D eigenvalue weighted by Crippen LogP contribution is 2.43. The molecular weight excluding hydrogens is 386 g/mol. The number of alkyl halides is 1. The summed E-state index contributed by atoms with van der Waals surface area (Å²) in [5.41, 5.74) is 4.53. The molecule has 0 amide bonds. The minimum absolute atomic E-state index is 0.169. The second-order valence-corrected chi connectivity index (χ2v) is 10.3. The van der Waals surface area contributed by atoms with Gasteiger partial charge in [0.25, 0.3) is 0 Å².